The molecule has 0 saturated heterocycles. The molecule has 5 N–H and O–H groups in total. The summed E-state index contributed by atoms with van der Waals surface area (Å²) in [5.74, 6) is -0.924. The highest BCUT2D eigenvalue weighted by molar-refractivity contribution is 6.42. The summed E-state index contributed by atoms with van der Waals surface area (Å²) in [6.45, 7) is -0.0357. The summed E-state index contributed by atoms with van der Waals surface area (Å²) in [4.78, 5) is 36.4. The molecule has 2 aromatic rings. The molecule has 9 heteroatoms. The number of anilines is 1. The first-order chi connectivity index (χ1) is 12.8. The van der Waals surface area contributed by atoms with Gasteiger partial charge in [0.15, 0.2) is 12.6 Å². The van der Waals surface area contributed by atoms with Gasteiger partial charge in [0.2, 0.25) is 0 Å². The largest absolute Gasteiger partial charge is 0.351 e. The molecule has 2 aromatic carbocycles. The number of quaternary nitrogens is 1. The summed E-state index contributed by atoms with van der Waals surface area (Å²) in [5.41, 5.74) is 6.19. The van der Waals surface area contributed by atoms with Crippen LogP contribution in [0.2, 0.25) is 10.0 Å². The molecule has 0 heterocycles. The molecule has 0 aliphatic rings. The van der Waals surface area contributed by atoms with Gasteiger partial charge in [-0.2, -0.15) is 0 Å². The van der Waals surface area contributed by atoms with Gasteiger partial charge in [0.1, 0.15) is 0 Å². The standard InChI is InChI=1S/C18H18Cl2N4O3/c1-24(10-15(25)22-12-7-8-13(19)14(20)9-12)16(17(26)23-18(21)27)11-5-3-2-4-6-11/h2-9,16H,10H2,1H3,(H,22,25)(H3,21,23,26,27)/p+1/t16-/m1/s1. The second-order valence-electron chi connectivity index (χ2n) is 5.90. The zero-order valence-electron chi connectivity index (χ0n) is 14.5. The van der Waals surface area contributed by atoms with Gasteiger partial charge in [-0.1, -0.05) is 53.5 Å². The molecule has 142 valence electrons. The van der Waals surface area contributed by atoms with Gasteiger partial charge >= 0.3 is 6.03 Å². The molecule has 0 aromatic heterocycles. The van der Waals surface area contributed by atoms with Gasteiger partial charge in [-0.3, -0.25) is 14.9 Å². The highest BCUT2D eigenvalue weighted by atomic mass is 35.5. The molecule has 2 rings (SSSR count). The molecular weight excluding hydrogens is 391 g/mol. The molecule has 0 aliphatic heterocycles. The number of nitrogens with one attached hydrogen (secondary N) is 3. The summed E-state index contributed by atoms with van der Waals surface area (Å²) >= 11 is 11.8. The third-order valence-electron chi connectivity index (χ3n) is 3.78. The molecular formula is C18H19Cl2N4O3+. The number of halogens is 2. The van der Waals surface area contributed by atoms with Crippen molar-refractivity contribution < 1.29 is 19.3 Å². The van der Waals surface area contributed by atoms with E-state index in [1.165, 1.54) is 6.07 Å². The lowest BCUT2D eigenvalue weighted by Crippen LogP contribution is -3.11. The molecule has 2 atom stereocenters. The van der Waals surface area contributed by atoms with Crippen LogP contribution in [0, 0.1) is 0 Å². The highest BCUT2D eigenvalue weighted by Crippen LogP contribution is 2.24. The van der Waals surface area contributed by atoms with E-state index in [2.05, 4.69) is 10.6 Å². The number of hydrogen-bond donors (Lipinski definition) is 4. The Bertz CT molecular complexity index is 846. The van der Waals surface area contributed by atoms with Crippen molar-refractivity contribution in [3.8, 4) is 0 Å². The monoisotopic (exact) mass is 409 g/mol. The number of primary amides is 1. The van der Waals surface area contributed by atoms with Crippen LogP contribution in [0.25, 0.3) is 0 Å². The third kappa shape index (κ3) is 5.96. The van der Waals surface area contributed by atoms with Gasteiger partial charge in [-0.25, -0.2) is 4.79 Å². The predicted octanol–water partition coefficient (Wildman–Crippen LogP) is 1.38. The Hall–Kier alpha value is -2.61. The first kappa shape index (κ1) is 20.7. The Kier molecular flexibility index (Phi) is 7.18. The molecule has 4 amide bonds. The second-order valence-corrected chi connectivity index (χ2v) is 6.71. The molecule has 0 spiro atoms. The zero-order chi connectivity index (χ0) is 20.0. The number of hydrogen-bond acceptors (Lipinski definition) is 3. The SMILES string of the molecule is C[NH+](CC(=O)Nc1ccc(Cl)c(Cl)c1)[C@@H](C(=O)NC(N)=O)c1ccccc1. The number of likely N-dealkylation sites (N-methyl/N-ethyl adjacent to an activating group) is 1. The van der Waals surface area contributed by atoms with E-state index >= 15 is 0 Å². The summed E-state index contributed by atoms with van der Waals surface area (Å²) in [7, 11) is 1.67. The fourth-order valence-electron chi connectivity index (χ4n) is 2.63. The lowest BCUT2D eigenvalue weighted by molar-refractivity contribution is -0.894. The third-order valence-corrected chi connectivity index (χ3v) is 4.52. The number of rotatable bonds is 6. The number of urea groups is 1. The van der Waals surface area contributed by atoms with E-state index in [0.29, 0.717) is 26.2 Å². The summed E-state index contributed by atoms with van der Waals surface area (Å²) < 4.78 is 0. The number of carbonyl (C=O) groups is 3. The lowest BCUT2D eigenvalue weighted by atomic mass is 10.0. The van der Waals surface area contributed by atoms with E-state index in [1.807, 2.05) is 0 Å². The van der Waals surface area contributed by atoms with Crippen LogP contribution in [0.5, 0.6) is 0 Å². The van der Waals surface area contributed by atoms with Gasteiger partial charge in [0.25, 0.3) is 11.8 Å². The minimum atomic E-state index is -0.950. The van der Waals surface area contributed by atoms with E-state index in [9.17, 15) is 14.4 Å². The van der Waals surface area contributed by atoms with Gasteiger partial charge in [0, 0.05) is 11.3 Å². The molecule has 27 heavy (non-hydrogen) atoms. The van der Waals surface area contributed by atoms with E-state index in [4.69, 9.17) is 28.9 Å². The van der Waals surface area contributed by atoms with Crippen LogP contribution in [0.4, 0.5) is 10.5 Å². The highest BCUT2D eigenvalue weighted by Gasteiger charge is 2.31. The molecule has 0 fully saturated rings. The van der Waals surface area contributed by atoms with Crippen LogP contribution in [-0.2, 0) is 9.59 Å². The maximum atomic E-state index is 12.4. The number of benzene rings is 2. The van der Waals surface area contributed by atoms with Gasteiger partial charge < -0.3 is 16.0 Å². The lowest BCUT2D eigenvalue weighted by Gasteiger charge is -2.23. The summed E-state index contributed by atoms with van der Waals surface area (Å²) in [5, 5.41) is 5.47. The molecule has 0 aliphatic carbocycles. The van der Waals surface area contributed by atoms with Crippen molar-refractivity contribution in [1.29, 1.82) is 0 Å². The average molecular weight is 410 g/mol. The van der Waals surface area contributed by atoms with Crippen LogP contribution in [-0.4, -0.2) is 31.4 Å². The summed E-state index contributed by atoms with van der Waals surface area (Å²) in [6.07, 6.45) is 0. The number of amides is 4. The fourth-order valence-corrected chi connectivity index (χ4v) is 2.93. The van der Waals surface area contributed by atoms with Crippen molar-refractivity contribution in [1.82, 2.24) is 5.32 Å². The Morgan fingerprint density at radius 2 is 1.74 bits per heavy atom. The fraction of sp³-hybridized carbons (Fsp3) is 0.167. The Morgan fingerprint density at radius 1 is 1.07 bits per heavy atom. The van der Waals surface area contributed by atoms with Crippen molar-refractivity contribution in [2.75, 3.05) is 18.9 Å². The molecule has 7 nitrogen and oxygen atoms in total. The number of carbonyl (C=O) groups excluding carboxylic acids is 3. The maximum absolute atomic E-state index is 12.4. The maximum Gasteiger partial charge on any atom is 0.319 e. The van der Waals surface area contributed by atoms with Crippen molar-refractivity contribution in [2.45, 2.75) is 6.04 Å². The number of nitrogens with two attached hydrogens (primary N) is 1. The van der Waals surface area contributed by atoms with E-state index in [-0.39, 0.29) is 12.5 Å². The smallest absolute Gasteiger partial charge is 0.319 e. The van der Waals surface area contributed by atoms with Crippen molar-refractivity contribution in [3.63, 3.8) is 0 Å². The van der Waals surface area contributed by atoms with Gasteiger partial charge in [-0.05, 0) is 18.2 Å². The predicted molar refractivity (Wildman–Crippen MR) is 104 cm³/mol. The van der Waals surface area contributed by atoms with E-state index in [1.54, 1.807) is 49.5 Å². The van der Waals surface area contributed by atoms with E-state index in [0.717, 1.165) is 0 Å². The minimum absolute atomic E-state index is 0.0357. The molecule has 0 radical (unpaired) electrons. The topological polar surface area (TPSA) is 106 Å². The second kappa shape index (κ2) is 9.36. The first-order valence-corrected chi connectivity index (χ1v) is 8.76. The Labute approximate surface area is 166 Å². The van der Waals surface area contributed by atoms with Gasteiger partial charge in [0.05, 0.1) is 17.1 Å². The van der Waals surface area contributed by atoms with Gasteiger partial charge in [-0.15, -0.1) is 0 Å². The quantitative estimate of drug-likeness (QED) is 0.578. The summed E-state index contributed by atoms with van der Waals surface area (Å²) in [6, 6.07) is 11.8. The van der Waals surface area contributed by atoms with Crippen LogP contribution < -0.4 is 21.3 Å². The van der Waals surface area contributed by atoms with Crippen LogP contribution in [0.3, 0.4) is 0 Å². The first-order valence-electron chi connectivity index (χ1n) is 8.00. The zero-order valence-corrected chi connectivity index (χ0v) is 16.0. The molecule has 1 unspecified atom stereocenters. The van der Waals surface area contributed by atoms with Crippen molar-refractivity contribution in [3.05, 3.63) is 64.1 Å². The normalized spacial score (nSPS) is 12.7. The Balaban J connectivity index is 2.13. The van der Waals surface area contributed by atoms with Crippen molar-refractivity contribution >= 4 is 46.7 Å². The number of imide groups is 1. The van der Waals surface area contributed by atoms with Crippen LogP contribution >= 0.6 is 23.2 Å². The minimum Gasteiger partial charge on any atom is -0.351 e. The molecule has 0 bridgehead atoms. The van der Waals surface area contributed by atoms with E-state index < -0.39 is 18.0 Å². The molecule has 0 saturated carbocycles. The Morgan fingerprint density at radius 3 is 2.33 bits per heavy atom. The van der Waals surface area contributed by atoms with Crippen molar-refractivity contribution in [2.24, 2.45) is 5.73 Å². The average Bonchev–Trinajstić information content (AvgIpc) is 2.58. The van der Waals surface area contributed by atoms with Crippen LogP contribution in [0.15, 0.2) is 48.5 Å². The van der Waals surface area contributed by atoms with Crippen LogP contribution in [0.1, 0.15) is 11.6 Å².